The third-order valence-electron chi connectivity index (χ3n) is 9.67. The van der Waals surface area contributed by atoms with Gasteiger partial charge in [-0.05, 0) is 69.9 Å². The monoisotopic (exact) mass is 659 g/mol. The molecule has 3 heteroatoms. The second-order valence-corrected chi connectivity index (χ2v) is 14.6. The summed E-state index contributed by atoms with van der Waals surface area (Å²) in [6.07, 6.45) is 0. The lowest BCUT2D eigenvalue weighted by molar-refractivity contribution is 1.31. The van der Waals surface area contributed by atoms with Gasteiger partial charge in [0.05, 0.1) is 16.1 Å². The molecule has 49 heavy (non-hydrogen) atoms. The minimum absolute atomic E-state index is 1.15. The molecule has 8 aromatic carbocycles. The van der Waals surface area contributed by atoms with Crippen molar-refractivity contribution in [3.8, 4) is 22.3 Å². The molecule has 0 aliphatic heterocycles. The maximum atomic E-state index is 2.51. The zero-order valence-electron chi connectivity index (χ0n) is 26.5. The molecule has 0 amide bonds. The van der Waals surface area contributed by atoms with Crippen LogP contribution in [0, 0.1) is 0 Å². The fraction of sp³-hybridized carbons (Fsp3) is 0. The van der Waals surface area contributed by atoms with Crippen LogP contribution in [0.3, 0.4) is 0 Å². The molecule has 0 aliphatic rings. The van der Waals surface area contributed by atoms with E-state index >= 15 is 0 Å². The van der Waals surface area contributed by atoms with Gasteiger partial charge in [0.15, 0.2) is 0 Å². The van der Waals surface area contributed by atoms with Crippen molar-refractivity contribution in [1.29, 1.82) is 0 Å². The van der Waals surface area contributed by atoms with Crippen LogP contribution in [-0.2, 0) is 0 Å². The summed E-state index contributed by atoms with van der Waals surface area (Å²) in [5.41, 5.74) is 8.30. The van der Waals surface area contributed by atoms with Crippen LogP contribution in [0.4, 0.5) is 17.1 Å². The molecule has 0 aliphatic carbocycles. The second kappa shape index (κ2) is 11.5. The zero-order chi connectivity index (χ0) is 32.3. The van der Waals surface area contributed by atoms with Crippen LogP contribution in [0.5, 0.6) is 0 Å². The molecule has 0 N–H and O–H groups in total. The molecule has 0 atom stereocenters. The van der Waals surface area contributed by atoms with E-state index in [0.717, 1.165) is 11.4 Å². The van der Waals surface area contributed by atoms with E-state index in [-0.39, 0.29) is 0 Å². The summed E-state index contributed by atoms with van der Waals surface area (Å²) in [5.74, 6) is 0. The summed E-state index contributed by atoms with van der Waals surface area (Å²) >= 11 is 3.74. The molecule has 0 spiro atoms. The number of rotatable bonds is 5. The van der Waals surface area contributed by atoms with Crippen molar-refractivity contribution in [1.82, 2.24) is 0 Å². The summed E-state index contributed by atoms with van der Waals surface area (Å²) in [7, 11) is 0. The smallest absolute Gasteiger partial charge is 0.0640 e. The SMILES string of the molecule is c1ccc(-c2ccc(-c3cccc4ccccc34)cc2N(c2ccc3sc4ccccc4c3c2)c2cccc3c2sc2ccccc23)cc1. The van der Waals surface area contributed by atoms with Crippen LogP contribution >= 0.6 is 22.7 Å². The molecule has 10 rings (SSSR count). The molecule has 0 saturated carbocycles. The fourth-order valence-electron chi connectivity index (χ4n) is 7.39. The van der Waals surface area contributed by atoms with Crippen LogP contribution in [0.1, 0.15) is 0 Å². The first kappa shape index (κ1) is 28.3. The van der Waals surface area contributed by atoms with E-state index in [1.165, 1.54) is 79.1 Å². The lowest BCUT2D eigenvalue weighted by atomic mass is 9.94. The number of anilines is 3. The minimum Gasteiger partial charge on any atom is -0.308 e. The van der Waals surface area contributed by atoms with Crippen LogP contribution in [0.15, 0.2) is 176 Å². The predicted molar refractivity (Wildman–Crippen MR) is 215 cm³/mol. The maximum Gasteiger partial charge on any atom is 0.0640 e. The van der Waals surface area contributed by atoms with E-state index in [4.69, 9.17) is 0 Å². The van der Waals surface area contributed by atoms with Gasteiger partial charge in [0.1, 0.15) is 0 Å². The van der Waals surface area contributed by atoms with Gasteiger partial charge >= 0.3 is 0 Å². The van der Waals surface area contributed by atoms with Crippen LogP contribution in [0.2, 0.25) is 0 Å². The number of hydrogen-bond acceptors (Lipinski definition) is 3. The fourth-order valence-corrected chi connectivity index (χ4v) is 9.69. The molecule has 0 fully saturated rings. The van der Waals surface area contributed by atoms with Gasteiger partial charge < -0.3 is 4.90 Å². The highest BCUT2D eigenvalue weighted by atomic mass is 32.1. The molecule has 0 bridgehead atoms. The lowest BCUT2D eigenvalue weighted by Gasteiger charge is -2.29. The Morgan fingerprint density at radius 2 is 1.00 bits per heavy atom. The largest absolute Gasteiger partial charge is 0.308 e. The van der Waals surface area contributed by atoms with Crippen molar-refractivity contribution in [2.45, 2.75) is 0 Å². The Labute approximate surface area is 292 Å². The van der Waals surface area contributed by atoms with Crippen molar-refractivity contribution < 1.29 is 0 Å². The average molecular weight is 660 g/mol. The minimum atomic E-state index is 1.15. The Hall–Kier alpha value is -5.74. The molecule has 0 radical (unpaired) electrons. The van der Waals surface area contributed by atoms with Crippen molar-refractivity contribution >= 4 is 90.9 Å². The third kappa shape index (κ3) is 4.66. The van der Waals surface area contributed by atoms with E-state index in [0.29, 0.717) is 0 Å². The summed E-state index contributed by atoms with van der Waals surface area (Å²) in [4.78, 5) is 2.51. The topological polar surface area (TPSA) is 3.24 Å². The van der Waals surface area contributed by atoms with E-state index in [1.807, 2.05) is 22.7 Å². The highest BCUT2D eigenvalue weighted by Gasteiger charge is 2.23. The molecule has 230 valence electrons. The van der Waals surface area contributed by atoms with Gasteiger partial charge in [-0.15, -0.1) is 22.7 Å². The second-order valence-electron chi connectivity index (χ2n) is 12.5. The quantitative estimate of drug-likeness (QED) is 0.178. The molecular weight excluding hydrogens is 631 g/mol. The summed E-state index contributed by atoms with van der Waals surface area (Å²) in [5, 5.41) is 7.69. The van der Waals surface area contributed by atoms with Gasteiger partial charge in [0.2, 0.25) is 0 Å². The normalized spacial score (nSPS) is 11.7. The lowest BCUT2D eigenvalue weighted by Crippen LogP contribution is -2.11. The Kier molecular flexibility index (Phi) is 6.61. The van der Waals surface area contributed by atoms with Crippen LogP contribution < -0.4 is 4.90 Å². The van der Waals surface area contributed by atoms with E-state index < -0.39 is 0 Å². The van der Waals surface area contributed by atoms with E-state index in [2.05, 4.69) is 181 Å². The Morgan fingerprint density at radius 3 is 1.86 bits per heavy atom. The van der Waals surface area contributed by atoms with E-state index in [1.54, 1.807) is 0 Å². The number of nitrogens with zero attached hydrogens (tertiary/aromatic N) is 1. The number of benzene rings is 8. The third-order valence-corrected chi connectivity index (χ3v) is 12.0. The highest BCUT2D eigenvalue weighted by Crippen LogP contribution is 2.49. The zero-order valence-corrected chi connectivity index (χ0v) is 28.1. The Balaban J connectivity index is 1.31. The van der Waals surface area contributed by atoms with Crippen LogP contribution in [0.25, 0.3) is 73.4 Å². The first-order chi connectivity index (χ1) is 24.3. The van der Waals surface area contributed by atoms with Gasteiger partial charge in [-0.25, -0.2) is 0 Å². The predicted octanol–water partition coefficient (Wildman–Crippen LogP) is 14.4. The molecule has 2 aromatic heterocycles. The van der Waals surface area contributed by atoms with Crippen molar-refractivity contribution in [3.05, 3.63) is 176 Å². The molecule has 2 heterocycles. The summed E-state index contributed by atoms with van der Waals surface area (Å²) in [6.45, 7) is 0. The molecule has 10 aromatic rings. The van der Waals surface area contributed by atoms with Gasteiger partial charge in [-0.3, -0.25) is 0 Å². The van der Waals surface area contributed by atoms with Crippen molar-refractivity contribution in [3.63, 3.8) is 0 Å². The number of thiophene rings is 2. The van der Waals surface area contributed by atoms with Crippen LogP contribution in [-0.4, -0.2) is 0 Å². The molecule has 0 saturated heterocycles. The van der Waals surface area contributed by atoms with Crippen molar-refractivity contribution in [2.24, 2.45) is 0 Å². The number of hydrogen-bond donors (Lipinski definition) is 0. The average Bonchev–Trinajstić information content (AvgIpc) is 3.74. The van der Waals surface area contributed by atoms with Gasteiger partial charge in [0, 0.05) is 46.9 Å². The molecule has 0 unspecified atom stereocenters. The van der Waals surface area contributed by atoms with Crippen molar-refractivity contribution in [2.75, 3.05) is 4.90 Å². The maximum absolute atomic E-state index is 2.51. The number of fused-ring (bicyclic) bond motifs is 7. The molecular formula is C46H29NS2. The standard InChI is InChI=1S/C46H29NS2/c1-2-12-31(13-3-1)36-26-24-32(35-19-10-15-30-14-4-5-16-34(30)35)28-42(36)47(33-25-27-45-40(29-33)38-18-7-8-22-43(38)48-45)41-21-11-20-39-37-17-6-9-23-44(37)49-46(39)41/h1-29H. The molecule has 1 nitrogen and oxygen atoms in total. The van der Waals surface area contributed by atoms with Gasteiger partial charge in [0.25, 0.3) is 0 Å². The first-order valence-electron chi connectivity index (χ1n) is 16.6. The Morgan fingerprint density at radius 1 is 0.347 bits per heavy atom. The summed E-state index contributed by atoms with van der Waals surface area (Å²) < 4.78 is 5.21. The highest BCUT2D eigenvalue weighted by molar-refractivity contribution is 7.26. The van der Waals surface area contributed by atoms with Gasteiger partial charge in [-0.2, -0.15) is 0 Å². The first-order valence-corrected chi connectivity index (χ1v) is 18.2. The van der Waals surface area contributed by atoms with Gasteiger partial charge in [-0.1, -0.05) is 133 Å². The summed E-state index contributed by atoms with van der Waals surface area (Å²) in [6, 6.07) is 64.5. The Bertz CT molecular complexity index is 2840. The van der Waals surface area contributed by atoms with E-state index in [9.17, 15) is 0 Å².